The average Bonchev–Trinajstić information content (AvgIpc) is 2.52. The van der Waals surface area contributed by atoms with Crippen molar-refractivity contribution in [2.75, 3.05) is 11.9 Å². The summed E-state index contributed by atoms with van der Waals surface area (Å²) in [5.74, 6) is 0.909. The van der Waals surface area contributed by atoms with Gasteiger partial charge >= 0.3 is 5.69 Å². The van der Waals surface area contributed by atoms with Gasteiger partial charge in [0.1, 0.15) is 5.82 Å². The molecule has 1 aromatic heterocycles. The van der Waals surface area contributed by atoms with E-state index in [4.69, 9.17) is 0 Å². The topological polar surface area (TPSA) is 46.9 Å². The average molecular weight is 165 g/mol. The first kappa shape index (κ1) is 7.34. The molecule has 12 heavy (non-hydrogen) atoms. The molecule has 0 bridgehead atoms. The maximum Gasteiger partial charge on any atom is 0.349 e. The van der Waals surface area contributed by atoms with Gasteiger partial charge in [0, 0.05) is 24.8 Å². The van der Waals surface area contributed by atoms with Crippen molar-refractivity contribution in [1.29, 1.82) is 0 Å². The summed E-state index contributed by atoms with van der Waals surface area (Å²) in [5.41, 5.74) is 0.731. The van der Waals surface area contributed by atoms with Crippen LogP contribution < -0.4 is 11.0 Å². The minimum Gasteiger partial charge on any atom is -0.369 e. The highest BCUT2D eigenvalue weighted by Gasteiger charge is 2.11. The lowest BCUT2D eigenvalue weighted by molar-refractivity contribution is 0.732. The fourth-order valence-electron chi connectivity index (χ4n) is 1.39. The van der Waals surface area contributed by atoms with Crippen molar-refractivity contribution in [2.24, 2.45) is 0 Å². The molecule has 4 heteroatoms. The lowest BCUT2D eigenvalue weighted by Crippen LogP contribution is -2.21. The molecule has 4 nitrogen and oxygen atoms in total. The van der Waals surface area contributed by atoms with Crippen molar-refractivity contribution in [1.82, 2.24) is 9.55 Å². The Kier molecular flexibility index (Phi) is 1.60. The first-order valence-corrected chi connectivity index (χ1v) is 4.16. The Morgan fingerprint density at radius 3 is 3.33 bits per heavy atom. The number of nitrogens with one attached hydrogen (secondary N) is 1. The first-order chi connectivity index (χ1) is 5.81. The van der Waals surface area contributed by atoms with Gasteiger partial charge in [-0.25, -0.2) is 4.79 Å². The van der Waals surface area contributed by atoms with Gasteiger partial charge in [0.2, 0.25) is 0 Å². The van der Waals surface area contributed by atoms with E-state index < -0.39 is 0 Å². The molecule has 0 spiro atoms. The van der Waals surface area contributed by atoms with Crippen molar-refractivity contribution in [3.8, 4) is 0 Å². The number of rotatable bonds is 1. The van der Waals surface area contributed by atoms with Crippen LogP contribution in [0.1, 0.15) is 12.6 Å². The second-order valence-electron chi connectivity index (χ2n) is 2.85. The third-order valence-electron chi connectivity index (χ3n) is 2.07. The number of aryl methyl sites for hydroxylation is 1. The smallest absolute Gasteiger partial charge is 0.349 e. The Morgan fingerprint density at radius 2 is 2.58 bits per heavy atom. The number of fused-ring (bicyclic) bond motifs is 1. The van der Waals surface area contributed by atoms with Crippen LogP contribution in [-0.2, 0) is 13.0 Å². The van der Waals surface area contributed by atoms with Crippen molar-refractivity contribution < 1.29 is 0 Å². The van der Waals surface area contributed by atoms with Gasteiger partial charge in [-0.05, 0) is 6.42 Å². The molecule has 0 amide bonds. The highest BCUT2D eigenvalue weighted by Crippen LogP contribution is 2.10. The number of hydrogen-bond acceptors (Lipinski definition) is 3. The van der Waals surface area contributed by atoms with E-state index in [9.17, 15) is 4.79 Å². The third kappa shape index (κ3) is 0.995. The van der Waals surface area contributed by atoms with Crippen molar-refractivity contribution in [2.45, 2.75) is 19.9 Å². The molecular formula is C8H11N3O. The summed E-state index contributed by atoms with van der Waals surface area (Å²) in [7, 11) is 0. The van der Waals surface area contributed by atoms with Gasteiger partial charge in [0.15, 0.2) is 0 Å². The van der Waals surface area contributed by atoms with Gasteiger partial charge in [0.25, 0.3) is 0 Å². The fraction of sp³-hybridized carbons (Fsp3) is 0.500. The molecule has 0 unspecified atom stereocenters. The zero-order valence-electron chi connectivity index (χ0n) is 7.00. The van der Waals surface area contributed by atoms with Gasteiger partial charge < -0.3 is 5.32 Å². The Labute approximate surface area is 70.2 Å². The molecule has 2 heterocycles. The molecule has 0 saturated heterocycles. The fourth-order valence-corrected chi connectivity index (χ4v) is 1.39. The van der Waals surface area contributed by atoms with Gasteiger partial charge in [-0.1, -0.05) is 6.92 Å². The number of nitrogens with zero attached hydrogens (tertiary/aromatic N) is 2. The molecule has 0 aliphatic carbocycles. The van der Waals surface area contributed by atoms with E-state index in [2.05, 4.69) is 10.3 Å². The van der Waals surface area contributed by atoms with E-state index in [0.717, 1.165) is 31.0 Å². The largest absolute Gasteiger partial charge is 0.369 e. The summed E-state index contributed by atoms with van der Waals surface area (Å²) >= 11 is 0. The zero-order valence-corrected chi connectivity index (χ0v) is 7.00. The Bertz CT molecular complexity index is 356. The van der Waals surface area contributed by atoms with E-state index in [1.807, 2.05) is 13.0 Å². The monoisotopic (exact) mass is 165 g/mol. The van der Waals surface area contributed by atoms with Crippen molar-refractivity contribution in [3.05, 3.63) is 22.2 Å². The van der Waals surface area contributed by atoms with Crippen molar-refractivity contribution in [3.63, 3.8) is 0 Å². The predicted molar refractivity (Wildman–Crippen MR) is 46.4 cm³/mol. The normalized spacial score (nSPS) is 14.1. The standard InChI is InChI=1S/C8H11N3O/c1-2-6-5-7-9-3-4-11(7)8(12)10-6/h5,9H,2-4H2,1H3. The van der Waals surface area contributed by atoms with Crippen molar-refractivity contribution >= 4 is 5.82 Å². The lowest BCUT2D eigenvalue weighted by atomic mass is 10.3. The molecule has 0 radical (unpaired) electrons. The highest BCUT2D eigenvalue weighted by molar-refractivity contribution is 5.39. The van der Waals surface area contributed by atoms with Crippen LogP contribution in [0.2, 0.25) is 0 Å². The lowest BCUT2D eigenvalue weighted by Gasteiger charge is -2.02. The minimum atomic E-state index is -0.130. The van der Waals surface area contributed by atoms with Gasteiger partial charge in [-0.3, -0.25) is 4.57 Å². The Balaban J connectivity index is 2.59. The molecular weight excluding hydrogens is 154 g/mol. The second kappa shape index (κ2) is 2.62. The minimum absolute atomic E-state index is 0.130. The van der Waals surface area contributed by atoms with Crippen LogP contribution in [-0.4, -0.2) is 16.1 Å². The number of hydrogen-bond donors (Lipinski definition) is 1. The van der Waals surface area contributed by atoms with Crippen LogP contribution in [0.3, 0.4) is 0 Å². The van der Waals surface area contributed by atoms with Gasteiger partial charge in [-0.2, -0.15) is 4.98 Å². The molecule has 0 saturated carbocycles. The first-order valence-electron chi connectivity index (χ1n) is 4.16. The molecule has 64 valence electrons. The summed E-state index contributed by atoms with van der Waals surface area (Å²) in [4.78, 5) is 15.2. The maximum atomic E-state index is 11.3. The van der Waals surface area contributed by atoms with Crippen LogP contribution >= 0.6 is 0 Å². The van der Waals surface area contributed by atoms with Gasteiger partial charge in [-0.15, -0.1) is 0 Å². The van der Waals surface area contributed by atoms with Crippen LogP contribution in [0.15, 0.2) is 10.9 Å². The second-order valence-corrected chi connectivity index (χ2v) is 2.85. The number of aromatic nitrogens is 2. The Morgan fingerprint density at radius 1 is 1.75 bits per heavy atom. The number of anilines is 1. The van der Waals surface area contributed by atoms with E-state index in [-0.39, 0.29) is 5.69 Å². The maximum absolute atomic E-state index is 11.3. The molecule has 0 atom stereocenters. The predicted octanol–water partition coefficient (Wildman–Crippen LogP) is 0.231. The summed E-state index contributed by atoms with van der Waals surface area (Å²) in [6.07, 6.45) is 0.810. The van der Waals surface area contributed by atoms with Crippen LogP contribution in [0.5, 0.6) is 0 Å². The van der Waals surface area contributed by atoms with Gasteiger partial charge in [0.05, 0.1) is 0 Å². The molecule has 2 rings (SSSR count). The van der Waals surface area contributed by atoms with Crippen LogP contribution in [0, 0.1) is 0 Å². The summed E-state index contributed by atoms with van der Waals surface area (Å²) in [6.45, 7) is 3.57. The van der Waals surface area contributed by atoms with E-state index in [1.54, 1.807) is 4.57 Å². The molecule has 1 aromatic rings. The van der Waals surface area contributed by atoms with E-state index in [0.29, 0.717) is 0 Å². The van der Waals surface area contributed by atoms with E-state index in [1.165, 1.54) is 0 Å². The quantitative estimate of drug-likeness (QED) is 0.648. The SMILES string of the molecule is CCc1cc2n(c(=O)n1)CCN2. The Hall–Kier alpha value is -1.32. The highest BCUT2D eigenvalue weighted by atomic mass is 16.1. The molecule has 0 fully saturated rings. The van der Waals surface area contributed by atoms with E-state index >= 15 is 0 Å². The summed E-state index contributed by atoms with van der Waals surface area (Å²) in [6, 6.07) is 1.94. The molecule has 1 aliphatic rings. The zero-order chi connectivity index (χ0) is 8.55. The molecule has 1 aliphatic heterocycles. The summed E-state index contributed by atoms with van der Waals surface area (Å²) < 4.78 is 1.67. The molecule has 1 N–H and O–H groups in total. The van der Waals surface area contributed by atoms with Crippen LogP contribution in [0.4, 0.5) is 5.82 Å². The van der Waals surface area contributed by atoms with Crippen LogP contribution in [0.25, 0.3) is 0 Å². The third-order valence-corrected chi connectivity index (χ3v) is 2.07. The molecule has 0 aromatic carbocycles. The summed E-state index contributed by atoms with van der Waals surface area (Å²) in [5, 5.41) is 3.14.